The molecule has 6 rings (SSSR count). The molecule has 4 aromatic rings. The van der Waals surface area contributed by atoms with Gasteiger partial charge in [0.1, 0.15) is 17.4 Å². The number of fused-ring (bicyclic) bond motifs is 2. The molecule has 41 heavy (non-hydrogen) atoms. The summed E-state index contributed by atoms with van der Waals surface area (Å²) in [5, 5.41) is 0. The van der Waals surface area contributed by atoms with E-state index in [0.717, 1.165) is 77.7 Å². The summed E-state index contributed by atoms with van der Waals surface area (Å²) in [6.07, 6.45) is 2.08. The van der Waals surface area contributed by atoms with Crippen LogP contribution >= 0.6 is 0 Å². The summed E-state index contributed by atoms with van der Waals surface area (Å²) in [6, 6.07) is 21.0. The van der Waals surface area contributed by atoms with Gasteiger partial charge < -0.3 is 19.5 Å². The van der Waals surface area contributed by atoms with Gasteiger partial charge in [0.2, 0.25) is 0 Å². The molecule has 0 saturated carbocycles. The first-order valence-corrected chi connectivity index (χ1v) is 14.6. The van der Waals surface area contributed by atoms with E-state index in [2.05, 4.69) is 58.2 Å². The van der Waals surface area contributed by atoms with E-state index in [-0.39, 0.29) is 11.2 Å². The van der Waals surface area contributed by atoms with Gasteiger partial charge in [-0.1, -0.05) is 39.0 Å². The van der Waals surface area contributed by atoms with Crippen molar-refractivity contribution in [3.63, 3.8) is 0 Å². The number of likely N-dealkylation sites (N-methyl/N-ethyl adjacent to an activating group) is 1. The van der Waals surface area contributed by atoms with Gasteiger partial charge >= 0.3 is 0 Å². The van der Waals surface area contributed by atoms with Gasteiger partial charge in [-0.15, -0.1) is 0 Å². The first kappa shape index (κ1) is 27.2. The Hall–Kier alpha value is -3.97. The zero-order valence-corrected chi connectivity index (χ0v) is 24.5. The number of nitrogens with zero attached hydrogens (tertiary/aromatic N) is 4. The molecule has 3 aromatic carbocycles. The van der Waals surface area contributed by atoms with Gasteiger partial charge in [-0.05, 0) is 67.1 Å². The maximum Gasteiger partial charge on any atom is 0.138 e. The van der Waals surface area contributed by atoms with Crippen LogP contribution in [0, 0.1) is 5.41 Å². The van der Waals surface area contributed by atoms with Crippen LogP contribution in [0.3, 0.4) is 0 Å². The molecular weight excluding hydrogens is 510 g/mol. The van der Waals surface area contributed by atoms with Crippen LogP contribution in [0.15, 0.2) is 65.7 Å². The number of nitrogens with one attached hydrogen (secondary N) is 1. The second kappa shape index (κ2) is 11.1. The standard InChI is InChI=1S/C34H39N5O2/c1-34(2,3)32(40)9-6-18-41-27-8-5-7-24(20-27)33-36-29-12-10-23(21-31(29)37-33)30-22-25-19-26(11-13-28(25)35-30)39-16-14-38(4)15-17-39/h5,7-8,10-13,19-21H,6,9,14-18,22H2,1-4H3,(H,36,37). The third-order valence-corrected chi connectivity index (χ3v) is 8.12. The molecule has 2 aliphatic rings. The first-order valence-electron chi connectivity index (χ1n) is 14.6. The van der Waals surface area contributed by atoms with Crippen LogP contribution in [0.2, 0.25) is 0 Å². The predicted octanol–water partition coefficient (Wildman–Crippen LogP) is 6.43. The fraction of sp³-hybridized carbons (Fsp3) is 0.382. The third-order valence-electron chi connectivity index (χ3n) is 8.12. The summed E-state index contributed by atoms with van der Waals surface area (Å²) in [5.41, 5.74) is 8.44. The van der Waals surface area contributed by atoms with Crippen LogP contribution in [0.25, 0.3) is 22.4 Å². The Morgan fingerprint density at radius 1 is 0.976 bits per heavy atom. The second-order valence-electron chi connectivity index (χ2n) is 12.3. The van der Waals surface area contributed by atoms with Crippen molar-refractivity contribution in [2.24, 2.45) is 10.4 Å². The molecule has 0 radical (unpaired) electrons. The maximum atomic E-state index is 12.2. The Bertz CT molecular complexity index is 1610. The van der Waals surface area contributed by atoms with Crippen molar-refractivity contribution < 1.29 is 9.53 Å². The maximum absolute atomic E-state index is 12.2. The van der Waals surface area contributed by atoms with Crippen molar-refractivity contribution in [1.82, 2.24) is 14.9 Å². The number of benzene rings is 3. The van der Waals surface area contributed by atoms with Crippen molar-refractivity contribution >= 4 is 33.9 Å². The van der Waals surface area contributed by atoms with Gasteiger partial charge in [-0.25, -0.2) is 4.98 Å². The average molecular weight is 550 g/mol. The SMILES string of the molecule is CN1CCN(c2ccc3c(c2)CC(c2ccc4nc(-c5cccc(OCCCC(=O)C(C)(C)C)c5)[nH]c4c2)=N3)CC1. The van der Waals surface area contributed by atoms with Crippen molar-refractivity contribution in [1.29, 1.82) is 0 Å². The molecule has 0 unspecified atom stereocenters. The van der Waals surface area contributed by atoms with E-state index in [1.54, 1.807) is 0 Å². The van der Waals surface area contributed by atoms with Gasteiger partial charge in [0.25, 0.3) is 0 Å². The number of ketones is 1. The van der Waals surface area contributed by atoms with Gasteiger partial charge in [0.15, 0.2) is 0 Å². The molecule has 0 atom stereocenters. The summed E-state index contributed by atoms with van der Waals surface area (Å²) < 4.78 is 5.96. The molecule has 0 aliphatic carbocycles. The number of ether oxygens (including phenoxy) is 1. The van der Waals surface area contributed by atoms with E-state index < -0.39 is 0 Å². The fourth-order valence-electron chi connectivity index (χ4n) is 5.47. The molecule has 212 valence electrons. The lowest BCUT2D eigenvalue weighted by Gasteiger charge is -2.34. The number of H-pyrrole nitrogens is 1. The highest BCUT2D eigenvalue weighted by molar-refractivity contribution is 6.08. The lowest BCUT2D eigenvalue weighted by atomic mass is 9.88. The Morgan fingerprint density at radius 3 is 2.61 bits per heavy atom. The van der Waals surface area contributed by atoms with E-state index in [4.69, 9.17) is 14.7 Å². The highest BCUT2D eigenvalue weighted by Gasteiger charge is 2.21. The number of anilines is 1. The quantitative estimate of drug-likeness (QED) is 0.256. The van der Waals surface area contributed by atoms with Crippen molar-refractivity contribution in [2.45, 2.75) is 40.0 Å². The number of hydrogen-bond donors (Lipinski definition) is 1. The number of carbonyl (C=O) groups excluding carboxylic acids is 1. The van der Waals surface area contributed by atoms with E-state index in [1.807, 2.05) is 45.0 Å². The van der Waals surface area contributed by atoms with Gasteiger partial charge in [-0.3, -0.25) is 9.79 Å². The average Bonchev–Trinajstić information content (AvgIpc) is 3.59. The topological polar surface area (TPSA) is 73.8 Å². The van der Waals surface area contributed by atoms with Gasteiger partial charge in [-0.2, -0.15) is 0 Å². The Labute approximate surface area is 242 Å². The molecule has 7 nitrogen and oxygen atoms in total. The minimum Gasteiger partial charge on any atom is -0.494 e. The summed E-state index contributed by atoms with van der Waals surface area (Å²) >= 11 is 0. The van der Waals surface area contributed by atoms with Crippen molar-refractivity contribution in [3.8, 4) is 17.1 Å². The lowest BCUT2D eigenvalue weighted by Crippen LogP contribution is -2.44. The summed E-state index contributed by atoms with van der Waals surface area (Å²) in [5.74, 6) is 1.85. The number of Topliss-reactive ketones (excluding diaryl/α,β-unsaturated/α-hetero) is 1. The Balaban J connectivity index is 1.13. The second-order valence-corrected chi connectivity index (χ2v) is 12.3. The number of aromatic nitrogens is 2. The summed E-state index contributed by atoms with van der Waals surface area (Å²) in [6.45, 7) is 10.7. The first-order chi connectivity index (χ1) is 19.7. The van der Waals surface area contributed by atoms with Crippen LogP contribution < -0.4 is 9.64 Å². The molecule has 0 bridgehead atoms. The van der Waals surface area contributed by atoms with Crippen LogP contribution in [0.4, 0.5) is 11.4 Å². The summed E-state index contributed by atoms with van der Waals surface area (Å²) in [7, 11) is 2.19. The lowest BCUT2D eigenvalue weighted by molar-refractivity contribution is -0.126. The van der Waals surface area contributed by atoms with Crippen LogP contribution in [0.1, 0.15) is 44.7 Å². The number of aliphatic imine (C=N–C) groups is 1. The highest BCUT2D eigenvalue weighted by Crippen LogP contribution is 2.33. The van der Waals surface area contributed by atoms with Gasteiger partial charge in [0.05, 0.1) is 29.0 Å². The molecule has 1 saturated heterocycles. The largest absolute Gasteiger partial charge is 0.494 e. The molecule has 1 N–H and O–H groups in total. The molecule has 3 heterocycles. The molecule has 2 aliphatic heterocycles. The fourth-order valence-corrected chi connectivity index (χ4v) is 5.47. The summed E-state index contributed by atoms with van der Waals surface area (Å²) in [4.78, 5) is 30.4. The number of imidazole rings is 1. The molecule has 1 aromatic heterocycles. The minimum absolute atomic E-state index is 0.263. The van der Waals surface area contributed by atoms with E-state index >= 15 is 0 Å². The number of piperazine rings is 1. The van der Waals surface area contributed by atoms with Gasteiger partial charge in [0, 0.05) is 55.7 Å². The van der Waals surface area contributed by atoms with Crippen molar-refractivity contribution in [3.05, 3.63) is 71.8 Å². The van der Waals surface area contributed by atoms with Crippen LogP contribution in [0.5, 0.6) is 5.75 Å². The van der Waals surface area contributed by atoms with E-state index in [1.165, 1.54) is 11.3 Å². The smallest absolute Gasteiger partial charge is 0.138 e. The molecule has 0 amide bonds. The number of carbonyl (C=O) groups is 1. The highest BCUT2D eigenvalue weighted by atomic mass is 16.5. The van der Waals surface area contributed by atoms with Crippen molar-refractivity contribution in [2.75, 3.05) is 44.7 Å². The third kappa shape index (κ3) is 6.05. The molecular formula is C34H39N5O2. The monoisotopic (exact) mass is 549 g/mol. The Kier molecular flexibility index (Phi) is 7.39. The van der Waals surface area contributed by atoms with E-state index in [9.17, 15) is 4.79 Å². The number of aromatic amines is 1. The van der Waals surface area contributed by atoms with Crippen LogP contribution in [-0.4, -0.2) is 66.2 Å². The zero-order valence-electron chi connectivity index (χ0n) is 24.5. The molecule has 0 spiro atoms. The number of hydrogen-bond acceptors (Lipinski definition) is 6. The van der Waals surface area contributed by atoms with E-state index in [0.29, 0.717) is 19.4 Å². The van der Waals surface area contributed by atoms with Crippen LogP contribution in [-0.2, 0) is 11.2 Å². The normalized spacial score (nSPS) is 15.7. The molecule has 1 fully saturated rings. The molecule has 7 heteroatoms. The predicted molar refractivity (Wildman–Crippen MR) is 167 cm³/mol. The number of rotatable bonds is 8. The zero-order chi connectivity index (χ0) is 28.6. The Morgan fingerprint density at radius 2 is 1.80 bits per heavy atom. The minimum atomic E-state index is -0.302.